The molecule has 2 atom stereocenters. The topological polar surface area (TPSA) is 142 Å². The number of amides is 2. The van der Waals surface area contributed by atoms with E-state index >= 15 is 0 Å². The van der Waals surface area contributed by atoms with Crippen LogP contribution in [0.4, 0.5) is 9.80 Å². The molecule has 1 fully saturated rings. The van der Waals surface area contributed by atoms with Gasteiger partial charge in [-0.2, -0.15) is 13.7 Å². The van der Waals surface area contributed by atoms with E-state index in [0.29, 0.717) is 42.8 Å². The minimum absolute atomic E-state index is 0.359. The maximum absolute atomic E-state index is 12.8. The summed E-state index contributed by atoms with van der Waals surface area (Å²) >= 11 is 1.31. The van der Waals surface area contributed by atoms with E-state index in [9.17, 15) is 23.3 Å². The van der Waals surface area contributed by atoms with Gasteiger partial charge in [-0.15, -0.1) is 15.7 Å². The Kier molecular flexibility index (Phi) is 7.89. The zero-order valence-corrected chi connectivity index (χ0v) is 20.3. The van der Waals surface area contributed by atoms with Crippen LogP contribution in [-0.2, 0) is 32.9 Å². The van der Waals surface area contributed by atoms with Crippen LogP contribution in [0, 0.1) is 11.3 Å². The lowest BCUT2D eigenvalue weighted by Gasteiger charge is -2.33. The highest BCUT2D eigenvalue weighted by Gasteiger charge is 2.32. The Morgan fingerprint density at radius 3 is 2.94 bits per heavy atom. The lowest BCUT2D eigenvalue weighted by Crippen LogP contribution is -2.44. The predicted molar refractivity (Wildman–Crippen MR) is 129 cm³/mol. The monoisotopic (exact) mass is 513 g/mol. The molecule has 35 heavy (non-hydrogen) atoms. The second-order valence-electron chi connectivity index (χ2n) is 8.17. The van der Waals surface area contributed by atoms with Gasteiger partial charge in [-0.05, 0) is 55.4 Å². The Balaban J connectivity index is 1.42. The highest BCUT2D eigenvalue weighted by molar-refractivity contribution is 7.61. The molecular weight excluding hydrogens is 490 g/mol. The molecule has 2 aromatic heterocycles. The highest BCUT2D eigenvalue weighted by Crippen LogP contribution is 2.38. The van der Waals surface area contributed by atoms with Crippen molar-refractivity contribution < 1.29 is 22.7 Å². The van der Waals surface area contributed by atoms with Crippen LogP contribution >= 0.6 is 11.3 Å². The lowest BCUT2D eigenvalue weighted by atomic mass is 9.94. The summed E-state index contributed by atoms with van der Waals surface area (Å²) in [4.78, 5) is 31.4. The van der Waals surface area contributed by atoms with Gasteiger partial charge in [0, 0.05) is 36.3 Å². The van der Waals surface area contributed by atoms with Crippen LogP contribution in [0.5, 0.6) is 0 Å². The van der Waals surface area contributed by atoms with Crippen LogP contribution in [0.15, 0.2) is 35.0 Å². The summed E-state index contributed by atoms with van der Waals surface area (Å²) in [5.41, 5.74) is 2.08. The van der Waals surface area contributed by atoms with Crippen molar-refractivity contribution >= 4 is 44.9 Å². The van der Waals surface area contributed by atoms with Crippen LogP contribution in [-0.4, -0.2) is 49.1 Å². The molecule has 1 saturated heterocycles. The van der Waals surface area contributed by atoms with Crippen molar-refractivity contribution in [3.63, 3.8) is 0 Å². The molecule has 10 nitrogen and oxygen atoms in total. The Hall–Kier alpha value is -3.56. The maximum Gasteiger partial charge on any atom is 0.411 e. The number of anilines is 1. The summed E-state index contributed by atoms with van der Waals surface area (Å²) < 4.78 is 31.3. The lowest BCUT2D eigenvalue weighted by molar-refractivity contribution is -0.111. The molecule has 3 heterocycles. The molecular formula is C23H23N5O5S2. The Labute approximate surface area is 207 Å². The molecule has 2 unspecified atom stereocenters. The van der Waals surface area contributed by atoms with Crippen molar-refractivity contribution in [2.75, 3.05) is 11.9 Å². The van der Waals surface area contributed by atoms with Gasteiger partial charge in [0.25, 0.3) is 0 Å². The van der Waals surface area contributed by atoms with Crippen LogP contribution < -0.4 is 5.32 Å². The third-order valence-corrected chi connectivity index (χ3v) is 7.45. The second kappa shape index (κ2) is 11.2. The van der Waals surface area contributed by atoms with Gasteiger partial charge >= 0.3 is 16.6 Å². The molecule has 12 heteroatoms. The summed E-state index contributed by atoms with van der Waals surface area (Å²) in [5.74, 6) is -0.359. The van der Waals surface area contributed by atoms with Gasteiger partial charge in [-0.1, -0.05) is 6.07 Å². The summed E-state index contributed by atoms with van der Waals surface area (Å²) in [5, 5.41) is 12.9. The molecule has 2 aromatic rings. The summed E-state index contributed by atoms with van der Waals surface area (Å²) in [6.45, 7) is 0.391. The van der Waals surface area contributed by atoms with E-state index in [1.54, 1.807) is 24.5 Å². The van der Waals surface area contributed by atoms with Crippen molar-refractivity contribution in [2.24, 2.45) is 4.36 Å². The fourth-order valence-electron chi connectivity index (χ4n) is 4.21. The van der Waals surface area contributed by atoms with Crippen LogP contribution in [0.25, 0.3) is 6.08 Å². The van der Waals surface area contributed by atoms with Crippen LogP contribution in [0.2, 0.25) is 0 Å². The van der Waals surface area contributed by atoms with Crippen molar-refractivity contribution in [3.8, 4) is 6.07 Å². The van der Waals surface area contributed by atoms with Crippen LogP contribution in [0.1, 0.15) is 47.3 Å². The summed E-state index contributed by atoms with van der Waals surface area (Å²) in [7, 11) is -2.60. The number of nitriles is 1. The molecule has 182 valence electrons. The molecule has 0 saturated carbocycles. The number of carbonyl (C=O) groups is 2. The molecule has 0 radical (unpaired) electrons. The number of rotatable bonds is 5. The Morgan fingerprint density at radius 2 is 2.20 bits per heavy atom. The van der Waals surface area contributed by atoms with Gasteiger partial charge in [0.05, 0.1) is 5.56 Å². The fourth-order valence-corrected chi connectivity index (χ4v) is 5.89. The van der Waals surface area contributed by atoms with Crippen LogP contribution in [0.3, 0.4) is 0 Å². The number of aromatic nitrogens is 1. The van der Waals surface area contributed by atoms with Crippen molar-refractivity contribution in [1.29, 1.82) is 5.26 Å². The van der Waals surface area contributed by atoms with E-state index in [1.807, 2.05) is 6.07 Å². The molecule has 0 aromatic carbocycles. The maximum atomic E-state index is 12.8. The SMILES string of the molecule is N#Cc1c(NC(=O)C=Cc2cccnc2)sc2c1CCC(OC(=O)N1CCCCC1N=S(=O)=O)C2. The number of piperidine rings is 1. The van der Waals surface area contributed by atoms with Gasteiger partial charge < -0.3 is 10.1 Å². The number of fused-ring (bicyclic) bond motifs is 1. The van der Waals surface area contributed by atoms with Crippen molar-refractivity contribution in [3.05, 3.63) is 52.2 Å². The molecule has 2 aliphatic rings. The van der Waals surface area contributed by atoms with Gasteiger partial charge in [0.15, 0.2) is 0 Å². The number of hydrogen-bond donors (Lipinski definition) is 1. The fraction of sp³-hybridized carbons (Fsp3) is 0.391. The number of carbonyl (C=O) groups excluding carboxylic acids is 2. The third-order valence-electron chi connectivity index (χ3n) is 5.86. The molecule has 0 bridgehead atoms. The number of pyridine rings is 1. The zero-order chi connectivity index (χ0) is 24.8. The summed E-state index contributed by atoms with van der Waals surface area (Å²) in [6, 6.07) is 5.78. The van der Waals surface area contributed by atoms with Gasteiger partial charge in [-0.3, -0.25) is 14.7 Å². The number of likely N-dealkylation sites (tertiary alicyclic amines) is 1. The Morgan fingerprint density at radius 1 is 1.34 bits per heavy atom. The number of nitrogens with one attached hydrogen (secondary N) is 1. The van der Waals surface area contributed by atoms with E-state index in [4.69, 9.17) is 4.74 Å². The van der Waals surface area contributed by atoms with Crippen molar-refractivity contribution in [2.45, 2.75) is 50.8 Å². The normalized spacial score (nSPS) is 19.5. The predicted octanol–water partition coefficient (Wildman–Crippen LogP) is 3.54. The first-order chi connectivity index (χ1) is 16.9. The molecule has 0 spiro atoms. The molecule has 4 rings (SSSR count). The first kappa shape index (κ1) is 24.6. The molecule has 1 aliphatic heterocycles. The second-order valence-corrected chi connectivity index (χ2v) is 9.92. The minimum Gasteiger partial charge on any atom is -0.446 e. The molecule has 1 aliphatic carbocycles. The molecule has 2 amide bonds. The van der Waals surface area contributed by atoms with E-state index < -0.39 is 28.9 Å². The van der Waals surface area contributed by atoms with E-state index in [1.165, 1.54) is 22.3 Å². The van der Waals surface area contributed by atoms with Gasteiger partial charge in [0.1, 0.15) is 23.3 Å². The minimum atomic E-state index is -2.60. The number of nitrogens with zero attached hydrogens (tertiary/aromatic N) is 4. The zero-order valence-electron chi connectivity index (χ0n) is 18.7. The van der Waals surface area contributed by atoms with Gasteiger partial charge in [-0.25, -0.2) is 4.79 Å². The summed E-state index contributed by atoms with van der Waals surface area (Å²) in [6.07, 6.45) is 8.10. The largest absolute Gasteiger partial charge is 0.446 e. The number of thiophene rings is 1. The molecule has 1 N–H and O–H groups in total. The number of ether oxygens (including phenoxy) is 1. The number of hydrogen-bond acceptors (Lipinski definition) is 9. The first-order valence-electron chi connectivity index (χ1n) is 11.2. The highest BCUT2D eigenvalue weighted by atomic mass is 32.2. The first-order valence-corrected chi connectivity index (χ1v) is 13.0. The Bertz CT molecular complexity index is 1310. The quantitative estimate of drug-likeness (QED) is 0.603. The third kappa shape index (κ3) is 6.12. The smallest absolute Gasteiger partial charge is 0.411 e. The van der Waals surface area contributed by atoms with E-state index in [2.05, 4.69) is 20.7 Å². The van der Waals surface area contributed by atoms with E-state index in [0.717, 1.165) is 28.8 Å². The van der Waals surface area contributed by atoms with Crippen molar-refractivity contribution in [1.82, 2.24) is 9.88 Å². The van der Waals surface area contributed by atoms with Gasteiger partial charge in [0.2, 0.25) is 5.91 Å². The average Bonchev–Trinajstić information content (AvgIpc) is 3.19. The van der Waals surface area contributed by atoms with E-state index in [-0.39, 0.29) is 5.91 Å². The average molecular weight is 514 g/mol. The standard InChI is InChI=1S/C23H23N5O5S2/c24-13-18-17-8-7-16(33-23(30)28-11-2-1-5-20(28)27-35(31)32)12-19(17)34-22(18)26-21(29)9-6-15-4-3-10-25-14-15/h3-4,6,9-10,14,16,20H,1-2,5,7-8,11-12H2,(H,26,29).